The first-order chi connectivity index (χ1) is 19.9. The van der Waals surface area contributed by atoms with Crippen LogP contribution in [0.25, 0.3) is 16.9 Å². The molecule has 0 aliphatic rings. The number of aliphatic carboxylic acids is 1. The highest BCUT2D eigenvalue weighted by atomic mass is 16.4. The number of imidazole rings is 1. The molecule has 0 bridgehead atoms. The first kappa shape index (κ1) is 27.2. The van der Waals surface area contributed by atoms with Crippen LogP contribution in [0.15, 0.2) is 84.4 Å². The number of amides is 1. The quantitative estimate of drug-likeness (QED) is 0.266. The van der Waals surface area contributed by atoms with Crippen molar-refractivity contribution >= 4 is 34.5 Å². The molecule has 2 N–H and O–H groups in total. The van der Waals surface area contributed by atoms with Crippen LogP contribution < -0.4 is 15.9 Å². The van der Waals surface area contributed by atoms with Crippen LogP contribution in [0.1, 0.15) is 29.8 Å². The molecule has 1 aromatic carbocycles. The minimum atomic E-state index is -1.09. The Balaban J connectivity index is 1.40. The third-order valence-corrected chi connectivity index (χ3v) is 6.72. The van der Waals surface area contributed by atoms with Gasteiger partial charge >= 0.3 is 11.7 Å². The van der Waals surface area contributed by atoms with Crippen LogP contribution in [0.4, 0.5) is 11.5 Å². The Kier molecular flexibility index (Phi) is 7.81. The van der Waals surface area contributed by atoms with Crippen molar-refractivity contribution in [1.29, 1.82) is 0 Å². The number of carboxylic acids is 1. The maximum absolute atomic E-state index is 13.2. The van der Waals surface area contributed by atoms with E-state index in [1.165, 1.54) is 29.8 Å². The van der Waals surface area contributed by atoms with Gasteiger partial charge in [-0.25, -0.2) is 29.1 Å². The Morgan fingerprint density at radius 1 is 1.00 bits per heavy atom. The van der Waals surface area contributed by atoms with Crippen LogP contribution in [0, 0.1) is 0 Å². The van der Waals surface area contributed by atoms with Gasteiger partial charge in [-0.3, -0.25) is 14.3 Å². The molecule has 0 aliphatic heterocycles. The van der Waals surface area contributed by atoms with Crippen LogP contribution in [0.3, 0.4) is 0 Å². The van der Waals surface area contributed by atoms with Gasteiger partial charge in [-0.05, 0) is 55.8 Å². The second-order valence-electron chi connectivity index (χ2n) is 9.16. The third kappa shape index (κ3) is 5.39. The molecule has 0 saturated heterocycles. The molecule has 0 aliphatic carbocycles. The number of rotatable bonds is 10. The fourth-order valence-corrected chi connectivity index (χ4v) is 4.71. The number of aryl methyl sites for hydroxylation is 1. The molecule has 12 heteroatoms. The Bertz CT molecular complexity index is 1750. The number of hydrogen-bond acceptors (Lipinski definition) is 8. The highest BCUT2D eigenvalue weighted by Gasteiger charge is 2.25. The standard InChI is InChI=1S/C29H28N8O4/c1-3-35(27(38)20-11-14-30-15-12-20)24-17-31-18-33-25(24)34-22(28(39)40)16-19-7-9-21(10-8-19)37-26-23(6-5-13-32-26)36(4-2)29(37)41/h5-15,17-18,22H,3-4,16H2,1-2H3,(H,39,40)(H,31,33,34)/t22-/m0/s1. The van der Waals surface area contributed by atoms with Crippen LogP contribution >= 0.6 is 0 Å². The minimum absolute atomic E-state index is 0.118. The van der Waals surface area contributed by atoms with Gasteiger partial charge in [-0.15, -0.1) is 0 Å². The number of pyridine rings is 2. The largest absolute Gasteiger partial charge is 0.480 e. The molecule has 5 rings (SSSR count). The van der Waals surface area contributed by atoms with E-state index in [4.69, 9.17) is 0 Å². The summed E-state index contributed by atoms with van der Waals surface area (Å²) in [5.74, 6) is -1.16. The number of aromatic nitrogens is 6. The maximum Gasteiger partial charge on any atom is 0.334 e. The molecule has 0 fully saturated rings. The van der Waals surface area contributed by atoms with Gasteiger partial charge in [0.2, 0.25) is 0 Å². The van der Waals surface area contributed by atoms with Gasteiger partial charge in [0.1, 0.15) is 18.1 Å². The van der Waals surface area contributed by atoms with E-state index in [-0.39, 0.29) is 23.8 Å². The molecule has 12 nitrogen and oxygen atoms in total. The summed E-state index contributed by atoms with van der Waals surface area (Å²) in [5.41, 5.74) is 3.24. The van der Waals surface area contributed by atoms with E-state index in [1.807, 2.05) is 19.9 Å². The summed E-state index contributed by atoms with van der Waals surface area (Å²) >= 11 is 0. The molecule has 0 spiro atoms. The number of anilines is 2. The van der Waals surface area contributed by atoms with E-state index in [0.29, 0.717) is 35.7 Å². The molecule has 4 aromatic heterocycles. The average Bonchev–Trinajstić information content (AvgIpc) is 3.29. The Morgan fingerprint density at radius 2 is 1.76 bits per heavy atom. The maximum atomic E-state index is 13.2. The second-order valence-corrected chi connectivity index (χ2v) is 9.16. The van der Waals surface area contributed by atoms with E-state index in [1.54, 1.807) is 57.8 Å². The van der Waals surface area contributed by atoms with Crippen molar-refractivity contribution in [2.45, 2.75) is 32.9 Å². The van der Waals surface area contributed by atoms with Gasteiger partial charge in [0, 0.05) is 43.7 Å². The van der Waals surface area contributed by atoms with Crippen LogP contribution in [-0.2, 0) is 17.8 Å². The molecule has 0 unspecified atom stereocenters. The van der Waals surface area contributed by atoms with Crippen molar-refractivity contribution in [1.82, 2.24) is 29.1 Å². The first-order valence-corrected chi connectivity index (χ1v) is 13.1. The zero-order chi connectivity index (χ0) is 28.9. The van der Waals surface area contributed by atoms with E-state index < -0.39 is 12.0 Å². The van der Waals surface area contributed by atoms with E-state index in [0.717, 1.165) is 11.1 Å². The van der Waals surface area contributed by atoms with Crippen molar-refractivity contribution < 1.29 is 14.7 Å². The molecule has 1 atom stereocenters. The predicted octanol–water partition coefficient (Wildman–Crippen LogP) is 3.17. The summed E-state index contributed by atoms with van der Waals surface area (Å²) in [5, 5.41) is 13.0. The summed E-state index contributed by atoms with van der Waals surface area (Å²) < 4.78 is 3.20. The van der Waals surface area contributed by atoms with E-state index in [9.17, 15) is 19.5 Å². The number of carbonyl (C=O) groups excluding carboxylic acids is 1. The lowest BCUT2D eigenvalue weighted by molar-refractivity contribution is -0.137. The molecule has 0 radical (unpaired) electrons. The Labute approximate surface area is 235 Å². The highest BCUT2D eigenvalue weighted by molar-refractivity contribution is 6.07. The summed E-state index contributed by atoms with van der Waals surface area (Å²) in [7, 11) is 0. The summed E-state index contributed by atoms with van der Waals surface area (Å²) in [6.07, 6.45) is 7.59. The molecule has 1 amide bonds. The zero-order valence-electron chi connectivity index (χ0n) is 22.5. The SMILES string of the molecule is CCN(C(=O)c1ccncc1)c1cncnc1N[C@@H](Cc1ccc(-n2c(=O)n(CC)c3cccnc32)cc1)C(=O)O. The highest BCUT2D eigenvalue weighted by Crippen LogP contribution is 2.25. The lowest BCUT2D eigenvalue weighted by Crippen LogP contribution is -2.35. The fourth-order valence-electron chi connectivity index (χ4n) is 4.71. The number of carbonyl (C=O) groups is 2. The Hall–Kier alpha value is -5.39. The number of hydrogen-bond donors (Lipinski definition) is 2. The van der Waals surface area contributed by atoms with Crippen LogP contribution in [0.5, 0.6) is 0 Å². The number of nitrogens with one attached hydrogen (secondary N) is 1. The summed E-state index contributed by atoms with van der Waals surface area (Å²) in [4.78, 5) is 56.7. The topological polar surface area (TPSA) is 148 Å². The number of nitrogens with zero attached hydrogens (tertiary/aromatic N) is 7. The normalized spacial score (nSPS) is 11.8. The molecule has 0 saturated carbocycles. The Morgan fingerprint density at radius 3 is 2.44 bits per heavy atom. The van der Waals surface area contributed by atoms with Gasteiger partial charge in [0.15, 0.2) is 11.5 Å². The van der Waals surface area contributed by atoms with Gasteiger partial charge < -0.3 is 15.3 Å². The van der Waals surface area contributed by atoms with Crippen LogP contribution in [-0.4, -0.2) is 58.6 Å². The first-order valence-electron chi connectivity index (χ1n) is 13.1. The number of carboxylic acid groups (broad SMARTS) is 1. The predicted molar refractivity (Wildman–Crippen MR) is 153 cm³/mol. The minimum Gasteiger partial charge on any atom is -0.480 e. The summed E-state index contributed by atoms with van der Waals surface area (Å²) in [6, 6.07) is 12.9. The van der Waals surface area contributed by atoms with Gasteiger partial charge in [-0.1, -0.05) is 12.1 Å². The van der Waals surface area contributed by atoms with E-state index >= 15 is 0 Å². The lowest BCUT2D eigenvalue weighted by atomic mass is 10.1. The molecule has 5 aromatic rings. The second kappa shape index (κ2) is 11.8. The summed E-state index contributed by atoms with van der Waals surface area (Å²) in [6.45, 7) is 4.53. The van der Waals surface area contributed by atoms with Gasteiger partial charge in [0.05, 0.1) is 17.4 Å². The van der Waals surface area contributed by atoms with Crippen molar-refractivity contribution in [2.75, 3.05) is 16.8 Å². The van der Waals surface area contributed by atoms with Crippen molar-refractivity contribution in [3.05, 3.63) is 101 Å². The molecule has 4 heterocycles. The third-order valence-electron chi connectivity index (χ3n) is 6.72. The molecular weight excluding hydrogens is 524 g/mol. The van der Waals surface area contributed by atoms with Crippen molar-refractivity contribution in [3.63, 3.8) is 0 Å². The van der Waals surface area contributed by atoms with Gasteiger partial charge in [-0.2, -0.15) is 0 Å². The van der Waals surface area contributed by atoms with Crippen LogP contribution in [0.2, 0.25) is 0 Å². The monoisotopic (exact) mass is 552 g/mol. The van der Waals surface area contributed by atoms with Crippen molar-refractivity contribution in [3.8, 4) is 5.69 Å². The fraction of sp³-hybridized carbons (Fsp3) is 0.207. The van der Waals surface area contributed by atoms with E-state index in [2.05, 4.69) is 25.3 Å². The zero-order valence-corrected chi connectivity index (χ0v) is 22.5. The number of benzene rings is 1. The molecule has 208 valence electrons. The number of fused-ring (bicyclic) bond motifs is 1. The smallest absolute Gasteiger partial charge is 0.334 e. The van der Waals surface area contributed by atoms with Gasteiger partial charge in [0.25, 0.3) is 5.91 Å². The average molecular weight is 553 g/mol. The van der Waals surface area contributed by atoms with Crippen molar-refractivity contribution in [2.24, 2.45) is 0 Å². The molecule has 41 heavy (non-hydrogen) atoms. The lowest BCUT2D eigenvalue weighted by Gasteiger charge is -2.24. The molecular formula is C29H28N8O4.